The van der Waals surface area contributed by atoms with Gasteiger partial charge in [-0.05, 0) is 37.5 Å². The molecule has 0 aromatic heterocycles. The van der Waals surface area contributed by atoms with Gasteiger partial charge in [0.1, 0.15) is 6.10 Å². The minimum atomic E-state index is -0.277. The van der Waals surface area contributed by atoms with Crippen LogP contribution in [0, 0.1) is 5.92 Å². The Kier molecular flexibility index (Phi) is 7.08. The van der Waals surface area contributed by atoms with Crippen LogP contribution in [0.3, 0.4) is 0 Å². The molecule has 1 saturated heterocycles. The molecule has 138 valence electrons. The number of hydrogen-bond acceptors (Lipinski definition) is 3. The van der Waals surface area contributed by atoms with Crippen LogP contribution in [0.2, 0.25) is 5.02 Å². The van der Waals surface area contributed by atoms with Crippen LogP contribution in [-0.4, -0.2) is 50.1 Å². The first-order valence-electron chi connectivity index (χ1n) is 8.51. The summed E-state index contributed by atoms with van der Waals surface area (Å²) in [4.78, 5) is 26.1. The Balaban J connectivity index is 1.98. The van der Waals surface area contributed by atoms with Gasteiger partial charge in [-0.2, -0.15) is 0 Å². The maximum absolute atomic E-state index is 12.6. The molecule has 1 aliphatic rings. The molecule has 0 radical (unpaired) electrons. The van der Waals surface area contributed by atoms with Crippen LogP contribution in [0.25, 0.3) is 0 Å². The minimum absolute atomic E-state index is 0.0125. The highest BCUT2D eigenvalue weighted by Crippen LogP contribution is 2.23. The lowest BCUT2D eigenvalue weighted by Gasteiger charge is -2.33. The zero-order valence-corrected chi connectivity index (χ0v) is 15.7. The molecule has 2 rings (SSSR count). The highest BCUT2D eigenvalue weighted by Gasteiger charge is 2.29. The van der Waals surface area contributed by atoms with Crippen molar-refractivity contribution in [2.45, 2.75) is 31.9 Å². The Morgan fingerprint density at radius 3 is 2.60 bits per heavy atom. The highest BCUT2D eigenvalue weighted by molar-refractivity contribution is 6.30. The number of amides is 3. The number of urea groups is 1. The number of ether oxygens (including phenoxy) is 1. The summed E-state index contributed by atoms with van der Waals surface area (Å²) in [5.74, 6) is -0.157. The van der Waals surface area contributed by atoms with Gasteiger partial charge in [-0.1, -0.05) is 23.7 Å². The van der Waals surface area contributed by atoms with Crippen LogP contribution < -0.4 is 10.6 Å². The van der Waals surface area contributed by atoms with Crippen molar-refractivity contribution in [1.82, 2.24) is 15.5 Å². The molecule has 1 fully saturated rings. The lowest BCUT2D eigenvalue weighted by atomic mass is 9.97. The second-order valence-corrected chi connectivity index (χ2v) is 6.78. The lowest BCUT2D eigenvalue weighted by Crippen LogP contribution is -2.51. The molecule has 0 spiro atoms. The Morgan fingerprint density at radius 2 is 2.00 bits per heavy atom. The van der Waals surface area contributed by atoms with Crippen molar-refractivity contribution in [3.63, 3.8) is 0 Å². The molecular weight excluding hydrogens is 342 g/mol. The first-order valence-corrected chi connectivity index (χ1v) is 8.89. The van der Waals surface area contributed by atoms with Crippen molar-refractivity contribution in [2.24, 2.45) is 5.92 Å². The maximum atomic E-state index is 12.6. The summed E-state index contributed by atoms with van der Waals surface area (Å²) in [5.41, 5.74) is 0.946. The summed E-state index contributed by atoms with van der Waals surface area (Å²) in [6.45, 7) is 3.00. The van der Waals surface area contributed by atoms with Gasteiger partial charge in [-0.3, -0.25) is 4.79 Å². The van der Waals surface area contributed by atoms with E-state index in [-0.39, 0.29) is 30.0 Å². The summed E-state index contributed by atoms with van der Waals surface area (Å²) in [5, 5.41) is 6.31. The quantitative estimate of drug-likeness (QED) is 0.840. The van der Waals surface area contributed by atoms with E-state index < -0.39 is 0 Å². The molecule has 3 atom stereocenters. The average Bonchev–Trinajstić information content (AvgIpc) is 2.63. The molecule has 0 bridgehead atoms. The molecule has 7 heteroatoms. The molecular formula is C18H26ClN3O3. The molecule has 3 unspecified atom stereocenters. The molecule has 3 amide bonds. The van der Waals surface area contributed by atoms with Gasteiger partial charge in [0.2, 0.25) is 5.91 Å². The number of nitrogens with one attached hydrogen (secondary N) is 2. The highest BCUT2D eigenvalue weighted by atomic mass is 35.5. The van der Waals surface area contributed by atoms with Gasteiger partial charge < -0.3 is 20.3 Å². The molecule has 1 heterocycles. The fourth-order valence-electron chi connectivity index (χ4n) is 3.22. The first-order chi connectivity index (χ1) is 12.0. The van der Waals surface area contributed by atoms with E-state index in [4.69, 9.17) is 16.3 Å². The second kappa shape index (κ2) is 9.06. The number of carbonyl (C=O) groups is 2. The van der Waals surface area contributed by atoms with Crippen LogP contribution in [0.15, 0.2) is 24.3 Å². The predicted molar refractivity (Wildman–Crippen MR) is 97.6 cm³/mol. The number of methoxy groups -OCH3 is 1. The molecule has 1 aromatic rings. The van der Waals surface area contributed by atoms with Crippen molar-refractivity contribution in [2.75, 3.05) is 27.2 Å². The molecule has 0 aliphatic carbocycles. The number of benzene rings is 1. The summed E-state index contributed by atoms with van der Waals surface area (Å²) < 4.78 is 5.56. The van der Waals surface area contributed by atoms with Gasteiger partial charge in [-0.15, -0.1) is 0 Å². The normalized spacial score (nSPS) is 19.8. The number of halogens is 1. The SMILES string of the molecule is CNC(=O)C1CCCN(C(=O)NC(C)C(OC)c2ccc(Cl)cc2)C1. The van der Waals surface area contributed by atoms with Crippen LogP contribution in [0.4, 0.5) is 4.79 Å². The van der Waals surface area contributed by atoms with Crippen LogP contribution in [-0.2, 0) is 9.53 Å². The molecule has 25 heavy (non-hydrogen) atoms. The van der Waals surface area contributed by atoms with Crippen molar-refractivity contribution >= 4 is 23.5 Å². The predicted octanol–water partition coefficient (Wildman–Crippen LogP) is 2.58. The monoisotopic (exact) mass is 367 g/mol. The van der Waals surface area contributed by atoms with Gasteiger partial charge in [-0.25, -0.2) is 4.79 Å². The Labute approximate surface area is 153 Å². The zero-order chi connectivity index (χ0) is 18.4. The summed E-state index contributed by atoms with van der Waals surface area (Å²) in [6, 6.07) is 6.99. The topological polar surface area (TPSA) is 70.7 Å². The summed E-state index contributed by atoms with van der Waals surface area (Å²) in [7, 11) is 3.24. The van der Waals surface area contributed by atoms with E-state index in [2.05, 4.69) is 10.6 Å². The molecule has 2 N–H and O–H groups in total. The van der Waals surface area contributed by atoms with Crippen LogP contribution >= 0.6 is 11.6 Å². The number of hydrogen-bond donors (Lipinski definition) is 2. The van der Waals surface area contributed by atoms with E-state index in [1.54, 1.807) is 31.2 Å². The van der Waals surface area contributed by atoms with Crippen molar-refractivity contribution < 1.29 is 14.3 Å². The van der Waals surface area contributed by atoms with Crippen LogP contribution in [0.1, 0.15) is 31.4 Å². The van der Waals surface area contributed by atoms with E-state index >= 15 is 0 Å². The Hall–Kier alpha value is -1.79. The van der Waals surface area contributed by atoms with Crippen molar-refractivity contribution in [3.05, 3.63) is 34.9 Å². The minimum Gasteiger partial charge on any atom is -0.375 e. The first kappa shape index (κ1) is 19.5. The Bertz CT molecular complexity index is 594. The standard InChI is InChI=1S/C18H26ClN3O3/c1-12(16(25-3)13-6-8-15(19)9-7-13)21-18(24)22-10-4-5-14(11-22)17(23)20-2/h6-9,12,14,16H,4-5,10-11H2,1-3H3,(H,20,23)(H,21,24). The van der Waals surface area contributed by atoms with Gasteiger partial charge in [0, 0.05) is 32.3 Å². The summed E-state index contributed by atoms with van der Waals surface area (Å²) >= 11 is 5.93. The number of likely N-dealkylation sites (tertiary alicyclic amines) is 1. The van der Waals surface area contributed by atoms with Gasteiger partial charge in [0.25, 0.3) is 0 Å². The molecule has 1 aliphatic heterocycles. The Morgan fingerprint density at radius 1 is 1.32 bits per heavy atom. The summed E-state index contributed by atoms with van der Waals surface area (Å²) in [6.07, 6.45) is 1.36. The number of carbonyl (C=O) groups excluding carboxylic acids is 2. The smallest absolute Gasteiger partial charge is 0.317 e. The van der Waals surface area contributed by atoms with Crippen LogP contribution in [0.5, 0.6) is 0 Å². The third kappa shape index (κ3) is 5.09. The molecule has 6 nitrogen and oxygen atoms in total. The number of nitrogens with zero attached hydrogens (tertiary/aromatic N) is 1. The van der Waals surface area contributed by atoms with Crippen molar-refractivity contribution in [1.29, 1.82) is 0 Å². The van der Waals surface area contributed by atoms with E-state index in [0.29, 0.717) is 18.1 Å². The number of piperidine rings is 1. The molecule has 1 aromatic carbocycles. The maximum Gasteiger partial charge on any atom is 0.317 e. The van der Waals surface area contributed by atoms with E-state index in [1.807, 2.05) is 19.1 Å². The van der Waals surface area contributed by atoms with Gasteiger partial charge >= 0.3 is 6.03 Å². The van der Waals surface area contributed by atoms with E-state index in [0.717, 1.165) is 18.4 Å². The van der Waals surface area contributed by atoms with E-state index in [9.17, 15) is 9.59 Å². The zero-order valence-electron chi connectivity index (χ0n) is 14.9. The largest absolute Gasteiger partial charge is 0.375 e. The molecule has 0 saturated carbocycles. The van der Waals surface area contributed by atoms with E-state index in [1.165, 1.54) is 0 Å². The third-order valence-electron chi connectivity index (χ3n) is 4.58. The van der Waals surface area contributed by atoms with Crippen molar-refractivity contribution in [3.8, 4) is 0 Å². The number of rotatable bonds is 5. The fraction of sp³-hybridized carbons (Fsp3) is 0.556. The van der Waals surface area contributed by atoms with Gasteiger partial charge in [0.05, 0.1) is 12.0 Å². The lowest BCUT2D eigenvalue weighted by molar-refractivity contribution is -0.125. The average molecular weight is 368 g/mol. The second-order valence-electron chi connectivity index (χ2n) is 6.35. The van der Waals surface area contributed by atoms with Gasteiger partial charge in [0.15, 0.2) is 0 Å². The third-order valence-corrected chi connectivity index (χ3v) is 4.84. The fourth-order valence-corrected chi connectivity index (χ4v) is 3.35.